The highest BCUT2D eigenvalue weighted by atomic mass is 32.2. The Hall–Kier alpha value is -3.78. The molecule has 0 saturated carbocycles. The molecule has 0 fully saturated rings. The van der Waals surface area contributed by atoms with Gasteiger partial charge in [-0.05, 0) is 55.5 Å². The molecule has 1 aromatic heterocycles. The average Bonchev–Trinajstić information content (AvgIpc) is 3.23. The molecule has 6 nitrogen and oxygen atoms in total. The van der Waals surface area contributed by atoms with E-state index in [-0.39, 0.29) is 23.3 Å². The minimum atomic E-state index is -0.340. The Morgan fingerprint density at radius 1 is 0.938 bits per heavy atom. The zero-order valence-corrected chi connectivity index (χ0v) is 18.0. The summed E-state index contributed by atoms with van der Waals surface area (Å²) < 4.78 is 15.3. The summed E-state index contributed by atoms with van der Waals surface area (Å²) in [6, 6.07) is 22.3. The van der Waals surface area contributed by atoms with Gasteiger partial charge >= 0.3 is 0 Å². The van der Waals surface area contributed by atoms with E-state index < -0.39 is 0 Å². The molecule has 32 heavy (non-hydrogen) atoms. The van der Waals surface area contributed by atoms with Gasteiger partial charge in [-0.1, -0.05) is 42.1 Å². The van der Waals surface area contributed by atoms with Gasteiger partial charge in [0.2, 0.25) is 5.91 Å². The maximum absolute atomic E-state index is 13.5. The summed E-state index contributed by atoms with van der Waals surface area (Å²) in [6.45, 7) is 1.49. The van der Waals surface area contributed by atoms with Gasteiger partial charge in [-0.15, -0.1) is 10.2 Å². The van der Waals surface area contributed by atoms with Crippen LogP contribution in [0.25, 0.3) is 17.1 Å². The van der Waals surface area contributed by atoms with E-state index in [1.54, 1.807) is 41.0 Å². The van der Waals surface area contributed by atoms with Crippen molar-refractivity contribution >= 4 is 29.1 Å². The lowest BCUT2D eigenvalue weighted by atomic mass is 10.1. The lowest BCUT2D eigenvalue weighted by Gasteiger charge is -2.10. The first-order chi connectivity index (χ1) is 15.5. The standard InChI is InChI=1S/C24H19FN4O2S/c1-16(30)17-7-11-20(12-8-17)26-22(31)15-32-24-28-27-23(18-5-3-2-4-6-18)29(24)21-13-9-19(25)10-14-21/h2-14H,15H2,1H3,(H,26,31). The van der Waals surface area contributed by atoms with E-state index in [4.69, 9.17) is 0 Å². The average molecular weight is 447 g/mol. The van der Waals surface area contributed by atoms with Crippen molar-refractivity contribution in [3.63, 3.8) is 0 Å². The number of rotatable bonds is 7. The third-order valence-corrected chi connectivity index (χ3v) is 5.59. The summed E-state index contributed by atoms with van der Waals surface area (Å²) >= 11 is 1.23. The number of aromatic nitrogens is 3. The predicted octanol–water partition coefficient (Wildman–Crippen LogP) is 5.01. The van der Waals surface area contributed by atoms with Crippen molar-refractivity contribution in [3.8, 4) is 17.1 Å². The first-order valence-corrected chi connectivity index (χ1v) is 10.8. The number of carbonyl (C=O) groups excluding carboxylic acids is 2. The molecular formula is C24H19FN4O2S. The Morgan fingerprint density at radius 3 is 2.28 bits per heavy atom. The molecule has 160 valence electrons. The second-order valence-electron chi connectivity index (χ2n) is 6.95. The Balaban J connectivity index is 1.54. The Labute approximate surface area is 188 Å². The Kier molecular flexibility index (Phi) is 6.42. The molecule has 0 aliphatic heterocycles. The highest BCUT2D eigenvalue weighted by molar-refractivity contribution is 7.99. The van der Waals surface area contributed by atoms with E-state index >= 15 is 0 Å². The van der Waals surface area contributed by atoms with Crippen LogP contribution >= 0.6 is 11.8 Å². The third-order valence-electron chi connectivity index (χ3n) is 4.66. The second-order valence-corrected chi connectivity index (χ2v) is 7.90. The molecule has 3 aromatic carbocycles. The number of nitrogens with one attached hydrogen (secondary N) is 1. The first kappa shape index (κ1) is 21.5. The van der Waals surface area contributed by atoms with Crippen LogP contribution in [0, 0.1) is 5.82 Å². The van der Waals surface area contributed by atoms with Crippen molar-refractivity contribution in [1.82, 2.24) is 14.8 Å². The number of ketones is 1. The molecule has 1 amide bonds. The van der Waals surface area contributed by atoms with Crippen LogP contribution in [0.1, 0.15) is 17.3 Å². The van der Waals surface area contributed by atoms with Crippen molar-refractivity contribution in [1.29, 1.82) is 0 Å². The molecule has 4 rings (SSSR count). The number of carbonyl (C=O) groups is 2. The Bertz CT molecular complexity index is 1240. The van der Waals surface area contributed by atoms with Crippen LogP contribution in [-0.4, -0.2) is 32.2 Å². The molecule has 0 spiro atoms. The van der Waals surface area contributed by atoms with Crippen LogP contribution in [0.3, 0.4) is 0 Å². The largest absolute Gasteiger partial charge is 0.325 e. The lowest BCUT2D eigenvalue weighted by molar-refractivity contribution is -0.113. The molecule has 8 heteroatoms. The summed E-state index contributed by atoms with van der Waals surface area (Å²) in [6.07, 6.45) is 0. The number of thioether (sulfide) groups is 1. The van der Waals surface area contributed by atoms with Gasteiger partial charge in [-0.3, -0.25) is 14.2 Å². The smallest absolute Gasteiger partial charge is 0.234 e. The van der Waals surface area contributed by atoms with Gasteiger partial charge in [-0.25, -0.2) is 4.39 Å². The second kappa shape index (κ2) is 9.57. The minimum absolute atomic E-state index is 0.0345. The molecule has 0 bridgehead atoms. The lowest BCUT2D eigenvalue weighted by Crippen LogP contribution is -2.14. The van der Waals surface area contributed by atoms with Crippen molar-refractivity contribution in [2.24, 2.45) is 0 Å². The number of halogens is 1. The fraction of sp³-hybridized carbons (Fsp3) is 0.0833. The van der Waals surface area contributed by atoms with Gasteiger partial charge in [0.05, 0.1) is 5.75 Å². The summed E-state index contributed by atoms with van der Waals surface area (Å²) in [7, 11) is 0. The molecule has 0 aliphatic carbocycles. The van der Waals surface area contributed by atoms with E-state index in [1.165, 1.54) is 30.8 Å². The number of amides is 1. The quantitative estimate of drug-likeness (QED) is 0.319. The molecule has 4 aromatic rings. The van der Waals surface area contributed by atoms with Gasteiger partial charge < -0.3 is 5.32 Å². The van der Waals surface area contributed by atoms with Gasteiger partial charge in [0.1, 0.15) is 5.82 Å². The predicted molar refractivity (Wildman–Crippen MR) is 123 cm³/mol. The van der Waals surface area contributed by atoms with Crippen LogP contribution in [-0.2, 0) is 4.79 Å². The zero-order chi connectivity index (χ0) is 22.5. The Morgan fingerprint density at radius 2 is 1.62 bits per heavy atom. The zero-order valence-electron chi connectivity index (χ0n) is 17.2. The topological polar surface area (TPSA) is 76.9 Å². The fourth-order valence-electron chi connectivity index (χ4n) is 3.08. The highest BCUT2D eigenvalue weighted by Crippen LogP contribution is 2.28. The first-order valence-electron chi connectivity index (χ1n) is 9.82. The summed E-state index contributed by atoms with van der Waals surface area (Å²) in [5, 5.41) is 11.9. The number of hydrogen-bond donors (Lipinski definition) is 1. The van der Waals surface area contributed by atoms with E-state index in [1.807, 2.05) is 30.3 Å². The normalized spacial score (nSPS) is 10.7. The molecular weight excluding hydrogens is 427 g/mol. The monoisotopic (exact) mass is 446 g/mol. The van der Waals surface area contributed by atoms with Crippen molar-refractivity contribution in [2.75, 3.05) is 11.1 Å². The van der Waals surface area contributed by atoms with Gasteiger partial charge in [0.15, 0.2) is 16.8 Å². The van der Waals surface area contributed by atoms with Gasteiger partial charge in [0, 0.05) is 22.5 Å². The third kappa shape index (κ3) is 4.92. The maximum atomic E-state index is 13.5. The van der Waals surface area contributed by atoms with Crippen LogP contribution in [0.5, 0.6) is 0 Å². The molecule has 0 atom stereocenters. The molecule has 1 N–H and O–H groups in total. The van der Waals surface area contributed by atoms with E-state index in [0.717, 1.165) is 5.56 Å². The number of benzene rings is 3. The molecule has 0 radical (unpaired) electrons. The van der Waals surface area contributed by atoms with Gasteiger partial charge in [0.25, 0.3) is 0 Å². The van der Waals surface area contributed by atoms with Crippen LogP contribution in [0.4, 0.5) is 10.1 Å². The fourth-order valence-corrected chi connectivity index (χ4v) is 3.83. The van der Waals surface area contributed by atoms with Crippen molar-refractivity contribution < 1.29 is 14.0 Å². The summed E-state index contributed by atoms with van der Waals surface area (Å²) in [5.41, 5.74) is 2.73. The van der Waals surface area contributed by atoms with Crippen molar-refractivity contribution in [3.05, 3.63) is 90.2 Å². The molecule has 0 unspecified atom stereocenters. The summed E-state index contributed by atoms with van der Waals surface area (Å²) in [5.74, 6) is 0.100. The maximum Gasteiger partial charge on any atom is 0.234 e. The van der Waals surface area contributed by atoms with Crippen molar-refractivity contribution in [2.45, 2.75) is 12.1 Å². The molecule has 0 saturated heterocycles. The highest BCUT2D eigenvalue weighted by Gasteiger charge is 2.17. The minimum Gasteiger partial charge on any atom is -0.325 e. The number of nitrogens with zero attached hydrogens (tertiary/aromatic N) is 3. The van der Waals surface area contributed by atoms with Gasteiger partial charge in [-0.2, -0.15) is 0 Å². The number of anilines is 1. The molecule has 1 heterocycles. The summed E-state index contributed by atoms with van der Waals surface area (Å²) in [4.78, 5) is 23.9. The van der Waals surface area contributed by atoms with Crippen LogP contribution in [0.2, 0.25) is 0 Å². The SMILES string of the molecule is CC(=O)c1ccc(NC(=O)CSc2nnc(-c3ccccc3)n2-c2ccc(F)cc2)cc1. The van der Waals surface area contributed by atoms with Crippen LogP contribution < -0.4 is 5.32 Å². The number of Topliss-reactive ketones (excluding diaryl/α,β-unsaturated/α-hetero) is 1. The van der Waals surface area contributed by atoms with E-state index in [2.05, 4.69) is 15.5 Å². The van der Waals surface area contributed by atoms with E-state index in [9.17, 15) is 14.0 Å². The number of hydrogen-bond acceptors (Lipinski definition) is 5. The van der Waals surface area contributed by atoms with E-state index in [0.29, 0.717) is 27.9 Å². The van der Waals surface area contributed by atoms with Crippen LogP contribution in [0.15, 0.2) is 84.0 Å². The molecule has 0 aliphatic rings.